The van der Waals surface area contributed by atoms with Gasteiger partial charge in [0.2, 0.25) is 5.72 Å². The fourth-order valence-electron chi connectivity index (χ4n) is 5.66. The van der Waals surface area contributed by atoms with Gasteiger partial charge < -0.3 is 14.2 Å². The third-order valence-corrected chi connectivity index (χ3v) is 7.51. The van der Waals surface area contributed by atoms with Gasteiger partial charge in [-0.3, -0.25) is 4.90 Å². The molecule has 0 aliphatic carbocycles. The maximum Gasteiger partial charge on any atom is 0.200 e. The van der Waals surface area contributed by atoms with Gasteiger partial charge in [-0.05, 0) is 23.8 Å². The number of likely N-dealkylation sites (tertiary alicyclic amines) is 1. The molecular weight excluding hydrogens is 438 g/mol. The summed E-state index contributed by atoms with van der Waals surface area (Å²) in [5, 5.41) is 7.47. The monoisotopic (exact) mass is 469 g/mol. The predicted octanol–water partition coefficient (Wildman–Crippen LogP) is 5.24. The third-order valence-electron chi connectivity index (χ3n) is 7.51. The first-order valence-corrected chi connectivity index (χ1v) is 12.3. The first kappa shape index (κ1) is 22.0. The average Bonchev–Trinajstić information content (AvgIpc) is 3.37. The maximum atomic E-state index is 6.79. The first-order chi connectivity index (χ1) is 17.2. The molecule has 0 bridgehead atoms. The van der Waals surface area contributed by atoms with Crippen molar-refractivity contribution in [3.63, 3.8) is 0 Å². The summed E-state index contributed by atoms with van der Waals surface area (Å²) in [6, 6.07) is 25.2. The molecule has 0 saturated carbocycles. The van der Waals surface area contributed by atoms with E-state index in [1.54, 1.807) is 14.2 Å². The summed E-state index contributed by atoms with van der Waals surface area (Å²) < 4.78 is 17.9. The Labute approximate surface area is 206 Å². The number of para-hydroxylation sites is 1. The summed E-state index contributed by atoms with van der Waals surface area (Å²) in [5.41, 5.74) is 4.16. The van der Waals surface area contributed by atoms with Gasteiger partial charge in [-0.1, -0.05) is 48.5 Å². The van der Waals surface area contributed by atoms with E-state index in [1.807, 2.05) is 12.1 Å². The van der Waals surface area contributed by atoms with Crippen LogP contribution in [0.4, 0.5) is 0 Å². The highest BCUT2D eigenvalue weighted by Gasteiger charge is 2.51. The number of methoxy groups -OCH3 is 2. The van der Waals surface area contributed by atoms with Crippen LogP contribution in [-0.2, 0) is 6.54 Å². The van der Waals surface area contributed by atoms with Crippen molar-refractivity contribution < 1.29 is 14.2 Å². The molecule has 3 aromatic rings. The van der Waals surface area contributed by atoms with Gasteiger partial charge in [0.25, 0.3) is 0 Å². The van der Waals surface area contributed by atoms with Crippen LogP contribution >= 0.6 is 0 Å². The second-order valence-corrected chi connectivity index (χ2v) is 9.53. The molecule has 1 saturated heterocycles. The number of benzene rings is 3. The Bertz CT molecular complexity index is 1230. The maximum absolute atomic E-state index is 6.79. The molecule has 6 nitrogen and oxygen atoms in total. The Hall–Kier alpha value is -3.51. The zero-order chi connectivity index (χ0) is 23.8. The van der Waals surface area contributed by atoms with Crippen molar-refractivity contribution in [1.82, 2.24) is 9.91 Å². The molecule has 0 aromatic heterocycles. The molecule has 6 rings (SSSR count). The van der Waals surface area contributed by atoms with E-state index >= 15 is 0 Å². The summed E-state index contributed by atoms with van der Waals surface area (Å²) in [7, 11) is 3.37. The lowest BCUT2D eigenvalue weighted by molar-refractivity contribution is -0.150. The highest BCUT2D eigenvalue weighted by Crippen LogP contribution is 2.50. The van der Waals surface area contributed by atoms with Crippen LogP contribution in [0.2, 0.25) is 0 Å². The molecule has 6 heteroatoms. The molecule has 35 heavy (non-hydrogen) atoms. The van der Waals surface area contributed by atoms with Crippen molar-refractivity contribution in [2.45, 2.75) is 37.6 Å². The molecule has 0 unspecified atom stereocenters. The predicted molar refractivity (Wildman–Crippen MR) is 136 cm³/mol. The van der Waals surface area contributed by atoms with Crippen LogP contribution in [0, 0.1) is 0 Å². The van der Waals surface area contributed by atoms with Gasteiger partial charge in [0.1, 0.15) is 17.2 Å². The topological polar surface area (TPSA) is 46.5 Å². The number of hydrogen-bond donors (Lipinski definition) is 0. The molecule has 3 aromatic carbocycles. The van der Waals surface area contributed by atoms with E-state index in [0.717, 1.165) is 67.4 Å². The normalized spacial score (nSPS) is 20.6. The minimum absolute atomic E-state index is 0.155. The number of hydrazone groups is 1. The molecule has 3 aliphatic rings. The van der Waals surface area contributed by atoms with Crippen molar-refractivity contribution in [1.29, 1.82) is 0 Å². The lowest BCUT2D eigenvalue weighted by Crippen LogP contribution is -2.59. The van der Waals surface area contributed by atoms with Crippen LogP contribution < -0.4 is 14.2 Å². The van der Waals surface area contributed by atoms with Crippen LogP contribution in [0.5, 0.6) is 17.2 Å². The van der Waals surface area contributed by atoms with Crippen molar-refractivity contribution in [3.8, 4) is 17.2 Å². The van der Waals surface area contributed by atoms with E-state index in [9.17, 15) is 0 Å². The van der Waals surface area contributed by atoms with E-state index in [2.05, 4.69) is 70.6 Å². The standard InChI is InChI=1S/C29H31N3O3/c1-33-22-12-13-23(28(18-22)34-2)25-19-26-24-10-6-7-11-27(24)35-29(32(26)30-25)14-16-31(17-15-29)20-21-8-4-3-5-9-21/h3-13,18,26H,14-17,19-20H2,1-2H3/t26-/m0/s1. The van der Waals surface area contributed by atoms with Crippen LogP contribution in [-0.4, -0.2) is 48.7 Å². The van der Waals surface area contributed by atoms with Crippen molar-refractivity contribution >= 4 is 5.71 Å². The highest BCUT2D eigenvalue weighted by molar-refractivity contribution is 6.04. The van der Waals surface area contributed by atoms with Crippen LogP contribution in [0.25, 0.3) is 0 Å². The number of nitrogens with zero attached hydrogens (tertiary/aromatic N) is 3. The minimum atomic E-state index is -0.437. The number of fused-ring (bicyclic) bond motifs is 4. The summed E-state index contributed by atoms with van der Waals surface area (Å²) in [6.45, 7) is 2.91. The Morgan fingerprint density at radius 1 is 0.943 bits per heavy atom. The Morgan fingerprint density at radius 2 is 1.71 bits per heavy atom. The van der Waals surface area contributed by atoms with E-state index in [0.29, 0.717) is 0 Å². The molecule has 3 aliphatic heterocycles. The summed E-state index contributed by atoms with van der Waals surface area (Å²) >= 11 is 0. The molecule has 1 atom stereocenters. The van der Waals surface area contributed by atoms with Gasteiger partial charge >= 0.3 is 0 Å². The van der Waals surface area contributed by atoms with Gasteiger partial charge in [0.15, 0.2) is 0 Å². The van der Waals surface area contributed by atoms with Crippen LogP contribution in [0.3, 0.4) is 0 Å². The Balaban J connectivity index is 1.31. The zero-order valence-corrected chi connectivity index (χ0v) is 20.3. The van der Waals surface area contributed by atoms with E-state index in [1.165, 1.54) is 11.1 Å². The number of piperidine rings is 1. The molecule has 1 fully saturated rings. The quantitative estimate of drug-likeness (QED) is 0.511. The van der Waals surface area contributed by atoms with Crippen molar-refractivity contribution in [3.05, 3.63) is 89.5 Å². The molecule has 180 valence electrons. The van der Waals surface area contributed by atoms with Gasteiger partial charge in [-0.15, -0.1) is 0 Å². The lowest BCUT2D eigenvalue weighted by Gasteiger charge is -2.51. The summed E-state index contributed by atoms with van der Waals surface area (Å²) in [5.74, 6) is 2.55. The molecule has 0 radical (unpaired) electrons. The Morgan fingerprint density at radius 3 is 2.49 bits per heavy atom. The third kappa shape index (κ3) is 3.92. The second kappa shape index (κ2) is 8.93. The van der Waals surface area contributed by atoms with Gasteiger partial charge in [-0.25, -0.2) is 5.01 Å². The largest absolute Gasteiger partial charge is 0.497 e. The number of rotatable bonds is 5. The smallest absolute Gasteiger partial charge is 0.200 e. The van der Waals surface area contributed by atoms with E-state index < -0.39 is 5.72 Å². The summed E-state index contributed by atoms with van der Waals surface area (Å²) in [6.07, 6.45) is 2.63. The molecular formula is C29H31N3O3. The highest BCUT2D eigenvalue weighted by atomic mass is 16.5. The van der Waals surface area contributed by atoms with Crippen LogP contribution in [0.1, 0.15) is 42.0 Å². The van der Waals surface area contributed by atoms with Crippen molar-refractivity contribution in [2.24, 2.45) is 5.10 Å². The first-order valence-electron chi connectivity index (χ1n) is 12.3. The molecule has 0 amide bonds. The molecule has 1 spiro atoms. The molecule has 0 N–H and O–H groups in total. The van der Waals surface area contributed by atoms with Gasteiger partial charge in [0.05, 0.1) is 26.0 Å². The fourth-order valence-corrected chi connectivity index (χ4v) is 5.66. The SMILES string of the molecule is COc1ccc(C2=NN3[C@@H](C2)c2ccccc2OC32CCN(Cc3ccccc3)CC2)c(OC)c1. The fraction of sp³-hybridized carbons (Fsp3) is 0.345. The molecule has 3 heterocycles. The average molecular weight is 470 g/mol. The van der Waals surface area contributed by atoms with Gasteiger partial charge in [0, 0.05) is 56.1 Å². The van der Waals surface area contributed by atoms with Crippen LogP contribution in [0.15, 0.2) is 77.9 Å². The Kier molecular flexibility index (Phi) is 5.61. The summed E-state index contributed by atoms with van der Waals surface area (Å²) in [4.78, 5) is 2.52. The van der Waals surface area contributed by atoms with E-state index in [4.69, 9.17) is 19.3 Å². The van der Waals surface area contributed by atoms with E-state index in [-0.39, 0.29) is 6.04 Å². The lowest BCUT2D eigenvalue weighted by atomic mass is 9.90. The zero-order valence-electron chi connectivity index (χ0n) is 20.3. The van der Waals surface area contributed by atoms with Gasteiger partial charge in [-0.2, -0.15) is 5.10 Å². The number of hydrogen-bond acceptors (Lipinski definition) is 6. The number of ether oxygens (including phenoxy) is 3. The minimum Gasteiger partial charge on any atom is -0.497 e. The van der Waals surface area contributed by atoms with Crippen molar-refractivity contribution in [2.75, 3.05) is 27.3 Å². The second-order valence-electron chi connectivity index (χ2n) is 9.53.